The minimum Gasteiger partial charge on any atom is -0.444 e. The molecule has 1 N–H and O–H groups in total. The fraction of sp³-hybridized carbons (Fsp3) is 0.407. The molecule has 1 aliphatic heterocycles. The van der Waals surface area contributed by atoms with Crippen molar-refractivity contribution < 1.29 is 19.1 Å². The summed E-state index contributed by atoms with van der Waals surface area (Å²) < 4.78 is 11.4. The third-order valence-electron chi connectivity index (χ3n) is 5.79. The van der Waals surface area contributed by atoms with Crippen LogP contribution in [-0.2, 0) is 14.3 Å². The van der Waals surface area contributed by atoms with Crippen LogP contribution < -0.4 is 5.32 Å². The first-order valence-corrected chi connectivity index (χ1v) is 11.5. The molecular formula is C27H32N2O4. The summed E-state index contributed by atoms with van der Waals surface area (Å²) in [5, 5.41) is 3.09. The molecule has 1 unspecified atom stereocenters. The van der Waals surface area contributed by atoms with Crippen molar-refractivity contribution in [2.75, 3.05) is 20.2 Å². The molecular weight excluding hydrogens is 416 g/mol. The summed E-state index contributed by atoms with van der Waals surface area (Å²) in [7, 11) is 1.61. The quantitative estimate of drug-likeness (QED) is 0.723. The van der Waals surface area contributed by atoms with Gasteiger partial charge in [-0.25, -0.2) is 4.79 Å². The Balaban J connectivity index is 1.74. The standard InChI is InChI=1S/C27H32N2O4/c1-27(2,3)33-26(31)29-16-22(25(30)28-21-13-14-21)24(23(17-29)32-4)20-12-8-11-19(15-20)18-9-6-5-7-10-18/h5-12,15,21,23H,13-14,16-17H2,1-4H3,(H,28,30). The number of methoxy groups -OCH3 is 1. The maximum absolute atomic E-state index is 13.3. The van der Waals surface area contributed by atoms with Crippen LogP contribution in [0, 0.1) is 0 Å². The second-order valence-electron chi connectivity index (χ2n) is 9.67. The summed E-state index contributed by atoms with van der Waals surface area (Å²) in [4.78, 5) is 27.7. The van der Waals surface area contributed by atoms with Gasteiger partial charge in [-0.15, -0.1) is 0 Å². The number of carbonyl (C=O) groups is 2. The van der Waals surface area contributed by atoms with Crippen molar-refractivity contribution in [1.29, 1.82) is 0 Å². The Hall–Kier alpha value is -3.12. The highest BCUT2D eigenvalue weighted by atomic mass is 16.6. The molecule has 2 aromatic rings. The van der Waals surface area contributed by atoms with Crippen molar-refractivity contribution in [2.24, 2.45) is 0 Å². The minimum absolute atomic E-state index is 0.145. The summed E-state index contributed by atoms with van der Waals surface area (Å²) in [5.41, 5.74) is 3.85. The minimum atomic E-state index is -0.621. The molecule has 0 bridgehead atoms. The Morgan fingerprint density at radius 3 is 2.27 bits per heavy atom. The van der Waals surface area contributed by atoms with E-state index in [-0.39, 0.29) is 18.5 Å². The monoisotopic (exact) mass is 448 g/mol. The van der Waals surface area contributed by atoms with Gasteiger partial charge in [0.2, 0.25) is 5.91 Å². The lowest BCUT2D eigenvalue weighted by atomic mass is 9.89. The topological polar surface area (TPSA) is 67.9 Å². The molecule has 1 fully saturated rings. The lowest BCUT2D eigenvalue weighted by Gasteiger charge is -2.36. The fourth-order valence-electron chi connectivity index (χ4n) is 4.04. The number of nitrogens with zero attached hydrogens (tertiary/aromatic N) is 1. The maximum Gasteiger partial charge on any atom is 0.410 e. The molecule has 2 amide bonds. The van der Waals surface area contributed by atoms with Crippen LogP contribution in [0.3, 0.4) is 0 Å². The summed E-state index contributed by atoms with van der Waals surface area (Å²) in [6.45, 7) is 5.99. The summed E-state index contributed by atoms with van der Waals surface area (Å²) >= 11 is 0. The van der Waals surface area contributed by atoms with Gasteiger partial charge in [0.1, 0.15) is 11.7 Å². The number of hydrogen-bond donors (Lipinski definition) is 1. The largest absolute Gasteiger partial charge is 0.444 e. The van der Waals surface area contributed by atoms with Gasteiger partial charge in [-0.3, -0.25) is 4.79 Å². The number of benzene rings is 2. The molecule has 1 aliphatic carbocycles. The predicted molar refractivity (Wildman–Crippen MR) is 129 cm³/mol. The Morgan fingerprint density at radius 1 is 0.970 bits per heavy atom. The molecule has 6 nitrogen and oxygen atoms in total. The van der Waals surface area contributed by atoms with E-state index in [4.69, 9.17) is 9.47 Å². The molecule has 1 atom stereocenters. The third kappa shape index (κ3) is 5.63. The van der Waals surface area contributed by atoms with Crippen molar-refractivity contribution in [3.63, 3.8) is 0 Å². The SMILES string of the molecule is COC1CN(C(=O)OC(C)(C)C)CC(C(=O)NC2CC2)=C1c1cccc(-c2ccccc2)c1. The van der Waals surface area contributed by atoms with Gasteiger partial charge in [0.25, 0.3) is 0 Å². The summed E-state index contributed by atoms with van der Waals surface area (Å²) in [6, 6.07) is 18.5. The van der Waals surface area contributed by atoms with Crippen LogP contribution in [0.25, 0.3) is 16.7 Å². The normalized spacial score (nSPS) is 18.8. The van der Waals surface area contributed by atoms with Crippen LogP contribution in [-0.4, -0.2) is 54.8 Å². The van der Waals surface area contributed by atoms with Crippen LogP contribution in [0.5, 0.6) is 0 Å². The smallest absolute Gasteiger partial charge is 0.410 e. The zero-order valence-electron chi connectivity index (χ0n) is 19.8. The molecule has 6 heteroatoms. The molecule has 2 aromatic carbocycles. The first kappa shape index (κ1) is 23.1. The first-order valence-electron chi connectivity index (χ1n) is 11.5. The Morgan fingerprint density at radius 2 is 1.64 bits per heavy atom. The van der Waals surface area contributed by atoms with Gasteiger partial charge in [0.05, 0.1) is 13.1 Å². The van der Waals surface area contributed by atoms with Crippen molar-refractivity contribution in [1.82, 2.24) is 10.2 Å². The van der Waals surface area contributed by atoms with Crippen LogP contribution in [0.1, 0.15) is 39.2 Å². The second-order valence-corrected chi connectivity index (χ2v) is 9.67. The lowest BCUT2D eigenvalue weighted by Crippen LogP contribution is -2.48. The molecule has 1 saturated carbocycles. The fourth-order valence-corrected chi connectivity index (χ4v) is 4.04. The van der Waals surface area contributed by atoms with Gasteiger partial charge in [-0.05, 0) is 56.4 Å². The molecule has 174 valence electrons. The Kier molecular flexibility index (Phi) is 6.56. The van der Waals surface area contributed by atoms with E-state index in [2.05, 4.69) is 29.6 Å². The maximum atomic E-state index is 13.3. The van der Waals surface area contributed by atoms with Gasteiger partial charge >= 0.3 is 6.09 Å². The molecule has 0 aromatic heterocycles. The van der Waals surface area contributed by atoms with E-state index >= 15 is 0 Å². The zero-order valence-corrected chi connectivity index (χ0v) is 19.8. The van der Waals surface area contributed by atoms with Crippen LogP contribution >= 0.6 is 0 Å². The number of amides is 2. The van der Waals surface area contributed by atoms with E-state index < -0.39 is 17.8 Å². The van der Waals surface area contributed by atoms with E-state index in [1.807, 2.05) is 51.1 Å². The van der Waals surface area contributed by atoms with Gasteiger partial charge in [0.15, 0.2) is 0 Å². The van der Waals surface area contributed by atoms with Crippen molar-refractivity contribution in [3.05, 3.63) is 65.7 Å². The van der Waals surface area contributed by atoms with Crippen molar-refractivity contribution in [3.8, 4) is 11.1 Å². The zero-order chi connectivity index (χ0) is 23.6. The van der Waals surface area contributed by atoms with E-state index in [9.17, 15) is 9.59 Å². The van der Waals surface area contributed by atoms with Gasteiger partial charge in [-0.2, -0.15) is 0 Å². The highest BCUT2D eigenvalue weighted by molar-refractivity contribution is 6.04. The van der Waals surface area contributed by atoms with Crippen LogP contribution in [0.15, 0.2) is 60.2 Å². The average Bonchev–Trinajstić information content (AvgIpc) is 3.61. The summed E-state index contributed by atoms with van der Waals surface area (Å²) in [5.74, 6) is -0.145. The third-order valence-corrected chi connectivity index (χ3v) is 5.79. The van der Waals surface area contributed by atoms with Gasteiger partial charge < -0.3 is 19.7 Å². The predicted octanol–water partition coefficient (Wildman–Crippen LogP) is 4.65. The van der Waals surface area contributed by atoms with E-state index in [0.717, 1.165) is 35.1 Å². The lowest BCUT2D eigenvalue weighted by molar-refractivity contribution is -0.118. The van der Waals surface area contributed by atoms with E-state index in [1.54, 1.807) is 12.0 Å². The van der Waals surface area contributed by atoms with E-state index in [1.165, 1.54) is 0 Å². The highest BCUT2D eigenvalue weighted by Crippen LogP contribution is 2.33. The second kappa shape index (κ2) is 9.40. The van der Waals surface area contributed by atoms with Crippen LogP contribution in [0.4, 0.5) is 4.79 Å². The molecule has 0 spiro atoms. The van der Waals surface area contributed by atoms with Gasteiger partial charge in [-0.1, -0.05) is 48.5 Å². The highest BCUT2D eigenvalue weighted by Gasteiger charge is 2.37. The summed E-state index contributed by atoms with van der Waals surface area (Å²) in [6.07, 6.45) is 1.08. The van der Waals surface area contributed by atoms with Crippen LogP contribution in [0.2, 0.25) is 0 Å². The molecule has 0 saturated heterocycles. The molecule has 1 heterocycles. The number of rotatable bonds is 5. The Bertz CT molecular complexity index is 1050. The molecule has 33 heavy (non-hydrogen) atoms. The number of carbonyl (C=O) groups excluding carboxylic acids is 2. The Labute approximate surface area is 195 Å². The molecule has 4 rings (SSSR count). The van der Waals surface area contributed by atoms with Crippen molar-refractivity contribution in [2.45, 2.75) is 51.4 Å². The number of ether oxygens (including phenoxy) is 2. The molecule has 2 aliphatic rings. The van der Waals surface area contributed by atoms with E-state index in [0.29, 0.717) is 12.1 Å². The van der Waals surface area contributed by atoms with Crippen molar-refractivity contribution >= 4 is 17.6 Å². The van der Waals surface area contributed by atoms with Gasteiger partial charge in [0, 0.05) is 24.3 Å². The number of hydrogen-bond acceptors (Lipinski definition) is 4. The average molecular weight is 449 g/mol. The first-order chi connectivity index (χ1) is 15.7. The number of nitrogens with one attached hydrogen (secondary N) is 1. The molecule has 0 radical (unpaired) electrons.